The molecule has 1 aromatic rings. The molecule has 0 atom stereocenters. The highest BCUT2D eigenvalue weighted by Crippen LogP contribution is 2.17. The van der Waals surface area contributed by atoms with Gasteiger partial charge in [0.2, 0.25) is 11.8 Å². The van der Waals surface area contributed by atoms with Gasteiger partial charge in [-0.2, -0.15) is 0 Å². The molecule has 0 N–H and O–H groups in total. The predicted molar refractivity (Wildman–Crippen MR) is 81.6 cm³/mol. The largest absolute Gasteiger partial charge is 0.465 e. The van der Waals surface area contributed by atoms with Crippen molar-refractivity contribution in [3.63, 3.8) is 0 Å². The van der Waals surface area contributed by atoms with E-state index in [-0.39, 0.29) is 18.4 Å². The summed E-state index contributed by atoms with van der Waals surface area (Å²) < 4.78 is 4.64. The number of nitrogens with zero attached hydrogens (tertiary/aromatic N) is 2. The lowest BCUT2D eigenvalue weighted by Gasteiger charge is -2.24. The fourth-order valence-electron chi connectivity index (χ4n) is 2.48. The lowest BCUT2D eigenvalue weighted by Crippen LogP contribution is -2.41. The molecular formula is C16H20N2O4. The number of benzene rings is 1. The van der Waals surface area contributed by atoms with E-state index in [1.54, 1.807) is 29.2 Å². The zero-order valence-electron chi connectivity index (χ0n) is 12.9. The van der Waals surface area contributed by atoms with Gasteiger partial charge in [-0.15, -0.1) is 0 Å². The van der Waals surface area contributed by atoms with Crippen molar-refractivity contribution in [3.8, 4) is 0 Å². The van der Waals surface area contributed by atoms with Crippen LogP contribution in [0.4, 0.5) is 5.69 Å². The maximum Gasteiger partial charge on any atom is 0.337 e. The number of rotatable bonds is 4. The maximum absolute atomic E-state index is 12.2. The predicted octanol–water partition coefficient (Wildman–Crippen LogP) is 1.45. The summed E-state index contributed by atoms with van der Waals surface area (Å²) in [6.45, 7) is 2.95. The van der Waals surface area contributed by atoms with E-state index in [0.717, 1.165) is 25.9 Å². The van der Waals surface area contributed by atoms with Crippen LogP contribution in [0.3, 0.4) is 0 Å². The smallest absolute Gasteiger partial charge is 0.337 e. The average molecular weight is 304 g/mol. The molecule has 0 bridgehead atoms. The third kappa shape index (κ3) is 3.63. The van der Waals surface area contributed by atoms with Gasteiger partial charge in [-0.05, 0) is 37.1 Å². The Hall–Kier alpha value is -2.37. The first-order valence-electron chi connectivity index (χ1n) is 7.27. The molecule has 2 rings (SSSR count). The molecule has 1 heterocycles. The first-order valence-corrected chi connectivity index (χ1v) is 7.27. The maximum atomic E-state index is 12.2. The Morgan fingerprint density at radius 2 is 1.73 bits per heavy atom. The van der Waals surface area contributed by atoms with Crippen molar-refractivity contribution in [1.29, 1.82) is 0 Å². The van der Waals surface area contributed by atoms with Gasteiger partial charge < -0.3 is 14.5 Å². The van der Waals surface area contributed by atoms with Crippen LogP contribution < -0.4 is 4.90 Å². The molecule has 6 nitrogen and oxygen atoms in total. The fourth-order valence-corrected chi connectivity index (χ4v) is 2.48. The van der Waals surface area contributed by atoms with Crippen LogP contribution in [0.25, 0.3) is 0 Å². The molecule has 0 aromatic heterocycles. The highest BCUT2D eigenvalue weighted by Gasteiger charge is 2.22. The van der Waals surface area contributed by atoms with Gasteiger partial charge in [0.05, 0.1) is 12.7 Å². The molecule has 1 saturated heterocycles. The Morgan fingerprint density at radius 1 is 1.14 bits per heavy atom. The number of anilines is 1. The van der Waals surface area contributed by atoms with Crippen LogP contribution in [0.15, 0.2) is 24.3 Å². The van der Waals surface area contributed by atoms with E-state index in [2.05, 4.69) is 4.74 Å². The van der Waals surface area contributed by atoms with Crippen molar-refractivity contribution in [2.24, 2.45) is 0 Å². The number of carbonyl (C=O) groups excluding carboxylic acids is 3. The second kappa shape index (κ2) is 7.06. The van der Waals surface area contributed by atoms with E-state index < -0.39 is 5.97 Å². The van der Waals surface area contributed by atoms with Gasteiger partial charge in [0.15, 0.2) is 0 Å². The molecular weight excluding hydrogens is 284 g/mol. The Morgan fingerprint density at radius 3 is 2.23 bits per heavy atom. The van der Waals surface area contributed by atoms with Crippen molar-refractivity contribution in [2.45, 2.75) is 19.8 Å². The summed E-state index contributed by atoms with van der Waals surface area (Å²) in [6.07, 6.45) is 2.03. The van der Waals surface area contributed by atoms with Crippen LogP contribution in [-0.4, -0.2) is 49.4 Å². The second-order valence-electron chi connectivity index (χ2n) is 5.23. The van der Waals surface area contributed by atoms with Crippen LogP contribution in [-0.2, 0) is 14.3 Å². The third-order valence-electron chi connectivity index (χ3n) is 3.73. The second-order valence-corrected chi connectivity index (χ2v) is 5.23. The highest BCUT2D eigenvalue weighted by molar-refractivity contribution is 5.98. The Bertz CT molecular complexity index is 562. The molecule has 6 heteroatoms. The first-order chi connectivity index (χ1) is 10.5. The molecule has 1 aliphatic rings. The van der Waals surface area contributed by atoms with E-state index in [1.165, 1.54) is 18.9 Å². The highest BCUT2D eigenvalue weighted by atomic mass is 16.5. The number of hydrogen-bond donors (Lipinski definition) is 0. The summed E-state index contributed by atoms with van der Waals surface area (Å²) in [5, 5.41) is 0. The van der Waals surface area contributed by atoms with Gasteiger partial charge in [0.1, 0.15) is 6.54 Å². The molecule has 1 aromatic carbocycles. The van der Waals surface area contributed by atoms with Gasteiger partial charge in [-0.3, -0.25) is 9.59 Å². The summed E-state index contributed by atoms with van der Waals surface area (Å²) in [6, 6.07) is 6.45. The summed E-state index contributed by atoms with van der Waals surface area (Å²) >= 11 is 0. The minimum atomic E-state index is -0.436. The first kappa shape index (κ1) is 16.0. The van der Waals surface area contributed by atoms with Crippen LogP contribution in [0, 0.1) is 0 Å². The minimum absolute atomic E-state index is 0.0207. The van der Waals surface area contributed by atoms with Gasteiger partial charge in [0.25, 0.3) is 0 Å². The van der Waals surface area contributed by atoms with Gasteiger partial charge in [0, 0.05) is 25.7 Å². The number of methoxy groups -OCH3 is 1. The zero-order chi connectivity index (χ0) is 16.1. The quantitative estimate of drug-likeness (QED) is 0.790. The van der Waals surface area contributed by atoms with E-state index >= 15 is 0 Å². The molecule has 0 radical (unpaired) electrons. The number of carbonyl (C=O) groups is 3. The van der Waals surface area contributed by atoms with Crippen molar-refractivity contribution < 1.29 is 19.1 Å². The van der Waals surface area contributed by atoms with Crippen molar-refractivity contribution in [2.75, 3.05) is 31.6 Å². The van der Waals surface area contributed by atoms with Crippen LogP contribution >= 0.6 is 0 Å². The molecule has 2 amide bonds. The lowest BCUT2D eigenvalue weighted by atomic mass is 10.2. The van der Waals surface area contributed by atoms with E-state index in [9.17, 15) is 14.4 Å². The number of hydrogen-bond acceptors (Lipinski definition) is 4. The summed E-state index contributed by atoms with van der Waals surface area (Å²) in [4.78, 5) is 38.7. The zero-order valence-corrected chi connectivity index (χ0v) is 12.9. The van der Waals surface area contributed by atoms with Gasteiger partial charge >= 0.3 is 5.97 Å². The van der Waals surface area contributed by atoms with E-state index in [0.29, 0.717) is 11.3 Å². The molecule has 118 valence electrons. The Kier molecular flexibility index (Phi) is 5.14. The number of likely N-dealkylation sites (tertiary alicyclic amines) is 1. The monoisotopic (exact) mass is 304 g/mol. The summed E-state index contributed by atoms with van der Waals surface area (Å²) in [5.74, 6) is -0.697. The number of esters is 1. The van der Waals surface area contributed by atoms with E-state index in [4.69, 9.17) is 0 Å². The van der Waals surface area contributed by atoms with Gasteiger partial charge in [-0.25, -0.2) is 4.79 Å². The molecule has 0 unspecified atom stereocenters. The molecule has 1 aliphatic heterocycles. The molecule has 0 spiro atoms. The normalized spacial score (nSPS) is 13.8. The van der Waals surface area contributed by atoms with Crippen LogP contribution in [0.2, 0.25) is 0 Å². The summed E-state index contributed by atoms with van der Waals surface area (Å²) in [5.41, 5.74) is 0.994. The molecule has 0 aliphatic carbocycles. The Balaban J connectivity index is 2.12. The van der Waals surface area contributed by atoms with Crippen molar-refractivity contribution in [3.05, 3.63) is 29.8 Å². The number of amides is 2. The summed E-state index contributed by atoms with van der Waals surface area (Å²) in [7, 11) is 1.31. The Labute approximate surface area is 129 Å². The van der Waals surface area contributed by atoms with E-state index in [1.807, 2.05) is 0 Å². The minimum Gasteiger partial charge on any atom is -0.465 e. The van der Waals surface area contributed by atoms with Crippen molar-refractivity contribution in [1.82, 2.24) is 4.90 Å². The van der Waals surface area contributed by atoms with Crippen LogP contribution in [0.1, 0.15) is 30.1 Å². The topological polar surface area (TPSA) is 66.9 Å². The lowest BCUT2D eigenvalue weighted by molar-refractivity contribution is -0.130. The van der Waals surface area contributed by atoms with Crippen LogP contribution in [0.5, 0.6) is 0 Å². The fraction of sp³-hybridized carbons (Fsp3) is 0.438. The molecule has 22 heavy (non-hydrogen) atoms. The average Bonchev–Trinajstić information content (AvgIpc) is 3.06. The van der Waals surface area contributed by atoms with Crippen molar-refractivity contribution >= 4 is 23.5 Å². The molecule has 1 fully saturated rings. The standard InChI is InChI=1S/C16H20N2O4/c1-12(19)18(11-15(20)17-9-3-4-10-17)14-7-5-13(6-8-14)16(21)22-2/h5-8H,3-4,9-11H2,1-2H3. The third-order valence-corrected chi connectivity index (χ3v) is 3.73. The molecule has 0 saturated carbocycles. The van der Waals surface area contributed by atoms with Gasteiger partial charge in [-0.1, -0.05) is 0 Å². The number of ether oxygens (including phenoxy) is 1. The SMILES string of the molecule is COC(=O)c1ccc(N(CC(=O)N2CCCC2)C(C)=O)cc1.